The number of hydrogen-bond acceptors (Lipinski definition) is 3. The average molecular weight is 378 g/mol. The zero-order valence-electron chi connectivity index (χ0n) is 16.6. The van der Waals surface area contributed by atoms with Crippen LogP contribution in [-0.2, 0) is 6.54 Å². The highest BCUT2D eigenvalue weighted by atomic mass is 35.5. The lowest BCUT2D eigenvalue weighted by molar-refractivity contribution is -0.118. The number of methoxy groups -OCH3 is 1. The Morgan fingerprint density at radius 3 is 2.38 bits per heavy atom. The first-order chi connectivity index (χ1) is 12.3. The van der Waals surface area contributed by atoms with Crippen LogP contribution in [0, 0.1) is 16.7 Å². The maximum Gasteiger partial charge on any atom is 0.179 e. The van der Waals surface area contributed by atoms with Crippen LogP contribution >= 0.6 is 11.6 Å². The quantitative estimate of drug-likeness (QED) is 0.701. The number of benzene rings is 1. The van der Waals surface area contributed by atoms with Gasteiger partial charge in [-0.1, -0.05) is 25.4 Å². The molecule has 0 radical (unpaired) electrons. The Morgan fingerprint density at radius 1 is 1.12 bits per heavy atom. The van der Waals surface area contributed by atoms with E-state index in [4.69, 9.17) is 21.1 Å². The standard InChI is InChI=1S/C22H32ClNO2/c1-5-26-18-7-15(6-17(23)19(18)25-4)11-24-22-10-16-8-20(2,13-22)12-21(3,9-16)14-22/h6-7,16,24H,5,8-14H2,1-4H3. The summed E-state index contributed by atoms with van der Waals surface area (Å²) in [5, 5.41) is 4.60. The van der Waals surface area contributed by atoms with Crippen molar-refractivity contribution in [3.63, 3.8) is 0 Å². The Balaban J connectivity index is 1.54. The first kappa shape index (κ1) is 18.4. The monoisotopic (exact) mass is 377 g/mol. The number of nitrogens with one attached hydrogen (secondary N) is 1. The number of halogens is 1. The Bertz CT molecular complexity index is 686. The first-order valence-electron chi connectivity index (χ1n) is 10.0. The Morgan fingerprint density at radius 2 is 1.81 bits per heavy atom. The van der Waals surface area contributed by atoms with Gasteiger partial charge < -0.3 is 14.8 Å². The molecule has 5 rings (SSSR count). The fourth-order valence-electron chi connectivity index (χ4n) is 7.12. The van der Waals surface area contributed by atoms with E-state index in [1.807, 2.05) is 13.0 Å². The van der Waals surface area contributed by atoms with Crippen molar-refractivity contribution >= 4 is 11.6 Å². The molecule has 4 heteroatoms. The van der Waals surface area contributed by atoms with Crippen molar-refractivity contribution in [2.75, 3.05) is 13.7 Å². The average Bonchev–Trinajstić information content (AvgIpc) is 2.50. The predicted octanol–water partition coefficient (Wildman–Crippen LogP) is 5.59. The van der Waals surface area contributed by atoms with E-state index in [0.717, 1.165) is 18.2 Å². The van der Waals surface area contributed by atoms with Crippen molar-refractivity contribution in [3.05, 3.63) is 22.7 Å². The zero-order chi connectivity index (χ0) is 18.6. The van der Waals surface area contributed by atoms with Crippen LogP contribution in [0.3, 0.4) is 0 Å². The lowest BCUT2D eigenvalue weighted by atomic mass is 9.43. The molecule has 4 saturated carbocycles. The molecule has 4 aliphatic rings. The summed E-state index contributed by atoms with van der Waals surface area (Å²) in [5.41, 5.74) is 2.51. The minimum atomic E-state index is 0.293. The van der Waals surface area contributed by atoms with Crippen LogP contribution in [0.1, 0.15) is 64.9 Å². The van der Waals surface area contributed by atoms with E-state index in [0.29, 0.717) is 33.7 Å². The molecule has 4 fully saturated rings. The third-order valence-electron chi connectivity index (χ3n) is 6.87. The largest absolute Gasteiger partial charge is 0.491 e. The number of hydrogen-bond donors (Lipinski definition) is 1. The third kappa shape index (κ3) is 3.22. The smallest absolute Gasteiger partial charge is 0.179 e. The molecule has 0 amide bonds. The van der Waals surface area contributed by atoms with Gasteiger partial charge in [0.05, 0.1) is 18.7 Å². The fraction of sp³-hybridized carbons (Fsp3) is 0.727. The second-order valence-corrected chi connectivity index (χ2v) is 10.2. The lowest BCUT2D eigenvalue weighted by Crippen LogP contribution is -2.63. The van der Waals surface area contributed by atoms with Crippen LogP contribution in [0.5, 0.6) is 11.5 Å². The number of rotatable bonds is 6. The topological polar surface area (TPSA) is 30.5 Å². The summed E-state index contributed by atoms with van der Waals surface area (Å²) in [7, 11) is 1.64. The predicted molar refractivity (Wildman–Crippen MR) is 106 cm³/mol. The maximum atomic E-state index is 6.44. The van der Waals surface area contributed by atoms with Gasteiger partial charge in [-0.2, -0.15) is 0 Å². The second kappa shape index (κ2) is 6.31. The van der Waals surface area contributed by atoms with Crippen LogP contribution < -0.4 is 14.8 Å². The lowest BCUT2D eigenvalue weighted by Gasteiger charge is -2.65. The molecule has 4 aliphatic carbocycles. The second-order valence-electron chi connectivity index (χ2n) is 9.81. The van der Waals surface area contributed by atoms with Gasteiger partial charge in [0.15, 0.2) is 11.5 Å². The van der Waals surface area contributed by atoms with Crippen molar-refractivity contribution in [3.8, 4) is 11.5 Å². The summed E-state index contributed by atoms with van der Waals surface area (Å²) in [4.78, 5) is 0. The van der Waals surface area contributed by atoms with E-state index in [9.17, 15) is 0 Å². The molecule has 144 valence electrons. The van der Waals surface area contributed by atoms with Crippen LogP contribution in [-0.4, -0.2) is 19.3 Å². The summed E-state index contributed by atoms with van der Waals surface area (Å²) < 4.78 is 11.2. The van der Waals surface area contributed by atoms with Crippen molar-refractivity contribution in [1.82, 2.24) is 5.32 Å². The van der Waals surface area contributed by atoms with Gasteiger partial charge in [-0.05, 0) is 79.9 Å². The van der Waals surface area contributed by atoms with E-state index >= 15 is 0 Å². The van der Waals surface area contributed by atoms with Gasteiger partial charge in [0.1, 0.15) is 0 Å². The normalized spacial score (nSPS) is 37.8. The van der Waals surface area contributed by atoms with Gasteiger partial charge in [0, 0.05) is 12.1 Å². The summed E-state index contributed by atoms with van der Waals surface area (Å²) in [6.45, 7) is 8.46. The van der Waals surface area contributed by atoms with E-state index in [1.54, 1.807) is 7.11 Å². The third-order valence-corrected chi connectivity index (χ3v) is 7.15. The zero-order valence-corrected chi connectivity index (χ0v) is 17.3. The Kier molecular flexibility index (Phi) is 4.47. The summed E-state index contributed by atoms with van der Waals surface area (Å²) in [6.07, 6.45) is 8.22. The van der Waals surface area contributed by atoms with Gasteiger partial charge in [-0.25, -0.2) is 0 Å². The molecule has 2 unspecified atom stereocenters. The number of ether oxygens (including phenoxy) is 2. The molecule has 0 aromatic heterocycles. The minimum absolute atomic E-state index is 0.293. The molecule has 0 aliphatic heterocycles. The molecular formula is C22H32ClNO2. The van der Waals surface area contributed by atoms with Gasteiger partial charge in [0.2, 0.25) is 0 Å². The minimum Gasteiger partial charge on any atom is -0.491 e. The highest BCUT2D eigenvalue weighted by Gasteiger charge is 2.59. The summed E-state index contributed by atoms with van der Waals surface area (Å²) in [5.74, 6) is 2.27. The molecular weight excluding hydrogens is 346 g/mol. The van der Waals surface area contributed by atoms with Crippen LogP contribution in [0.25, 0.3) is 0 Å². The van der Waals surface area contributed by atoms with E-state index in [-0.39, 0.29) is 0 Å². The molecule has 0 spiro atoms. The fourth-order valence-corrected chi connectivity index (χ4v) is 7.43. The summed E-state index contributed by atoms with van der Waals surface area (Å²) >= 11 is 6.44. The molecule has 1 N–H and O–H groups in total. The summed E-state index contributed by atoms with van der Waals surface area (Å²) in [6, 6.07) is 4.09. The molecule has 4 bridgehead atoms. The molecule has 0 heterocycles. The van der Waals surface area contributed by atoms with Crippen LogP contribution in [0.2, 0.25) is 5.02 Å². The molecule has 3 nitrogen and oxygen atoms in total. The van der Waals surface area contributed by atoms with Gasteiger partial charge in [-0.3, -0.25) is 0 Å². The highest BCUT2D eigenvalue weighted by Crippen LogP contribution is 2.66. The maximum absolute atomic E-state index is 6.44. The molecule has 0 saturated heterocycles. The SMILES string of the molecule is CCOc1cc(CNC23CC4CC(C)(CC(C)(C4)C2)C3)cc(Cl)c1OC. The Hall–Kier alpha value is -0.930. The van der Waals surface area contributed by atoms with E-state index < -0.39 is 0 Å². The first-order valence-corrected chi connectivity index (χ1v) is 10.4. The molecule has 1 aromatic carbocycles. The highest BCUT2D eigenvalue weighted by molar-refractivity contribution is 6.32. The molecule has 1 aromatic rings. The van der Waals surface area contributed by atoms with Crippen molar-refractivity contribution < 1.29 is 9.47 Å². The van der Waals surface area contributed by atoms with Crippen molar-refractivity contribution in [2.24, 2.45) is 16.7 Å². The van der Waals surface area contributed by atoms with Crippen LogP contribution in [0.15, 0.2) is 12.1 Å². The van der Waals surface area contributed by atoms with Crippen molar-refractivity contribution in [1.29, 1.82) is 0 Å². The van der Waals surface area contributed by atoms with Crippen LogP contribution in [0.4, 0.5) is 0 Å². The molecule has 26 heavy (non-hydrogen) atoms. The van der Waals surface area contributed by atoms with E-state index in [2.05, 4.69) is 25.2 Å². The van der Waals surface area contributed by atoms with E-state index in [1.165, 1.54) is 44.1 Å². The van der Waals surface area contributed by atoms with Crippen molar-refractivity contribution in [2.45, 2.75) is 71.4 Å². The van der Waals surface area contributed by atoms with Gasteiger partial charge in [0.25, 0.3) is 0 Å². The Labute approximate surface area is 162 Å². The van der Waals surface area contributed by atoms with Gasteiger partial charge >= 0.3 is 0 Å². The molecule has 2 atom stereocenters. The van der Waals surface area contributed by atoms with Gasteiger partial charge in [-0.15, -0.1) is 0 Å².